The normalized spacial score (nSPS) is 12.2. The van der Waals surface area contributed by atoms with Crippen LogP contribution < -0.4 is 0 Å². The molecule has 7 heteroatoms. The van der Waals surface area contributed by atoms with Crippen LogP contribution in [0.5, 0.6) is 0 Å². The van der Waals surface area contributed by atoms with Gasteiger partial charge in [0.2, 0.25) is 0 Å². The van der Waals surface area contributed by atoms with Gasteiger partial charge in [-0.05, 0) is 6.42 Å². The van der Waals surface area contributed by atoms with E-state index in [9.17, 15) is 17.2 Å². The molecule has 0 fully saturated rings. The van der Waals surface area contributed by atoms with Crippen molar-refractivity contribution in [2.75, 3.05) is 11.5 Å². The molecule has 1 heterocycles. The van der Waals surface area contributed by atoms with E-state index in [2.05, 4.69) is 4.98 Å². The van der Waals surface area contributed by atoms with Crippen molar-refractivity contribution in [1.82, 2.24) is 9.55 Å². The van der Waals surface area contributed by atoms with Crippen molar-refractivity contribution in [2.24, 2.45) is 0 Å². The van der Waals surface area contributed by atoms with Gasteiger partial charge in [-0.1, -0.05) is 6.92 Å². The molecule has 0 bridgehead atoms. The number of aryl methyl sites for hydroxylation is 1. The van der Waals surface area contributed by atoms with Crippen LogP contribution in [0.1, 0.15) is 13.3 Å². The zero-order valence-corrected chi connectivity index (χ0v) is 11.3. The second kappa shape index (κ2) is 5.24. The monoisotopic (exact) mass is 288 g/mol. The lowest BCUT2D eigenvalue weighted by Gasteiger charge is -2.05. The van der Waals surface area contributed by atoms with Gasteiger partial charge in [-0.25, -0.2) is 22.2 Å². The predicted octanol–water partition coefficient (Wildman–Crippen LogP) is 2.14. The molecule has 0 saturated carbocycles. The van der Waals surface area contributed by atoms with E-state index in [0.717, 1.165) is 12.1 Å². The standard InChI is InChI=1S/C12H14F2N2O2S/c1-2-4-19(17,18)5-3-16-8-15-11-6-9(13)10(14)7-12(11)16/h6-8H,2-5H2,1H3. The Morgan fingerprint density at radius 1 is 1.21 bits per heavy atom. The van der Waals surface area contributed by atoms with Crippen LogP contribution in [0, 0.1) is 11.6 Å². The first kappa shape index (κ1) is 13.9. The molecule has 2 rings (SSSR count). The highest BCUT2D eigenvalue weighted by atomic mass is 32.2. The van der Waals surface area contributed by atoms with E-state index in [4.69, 9.17) is 0 Å². The molecular formula is C12H14F2N2O2S. The molecule has 0 radical (unpaired) electrons. The van der Waals surface area contributed by atoms with Gasteiger partial charge in [0.05, 0.1) is 23.1 Å². The Morgan fingerprint density at radius 3 is 2.58 bits per heavy atom. The Hall–Kier alpha value is -1.50. The van der Waals surface area contributed by atoms with Crippen LogP contribution in [0.25, 0.3) is 11.0 Å². The zero-order valence-electron chi connectivity index (χ0n) is 10.4. The highest BCUT2D eigenvalue weighted by Crippen LogP contribution is 2.17. The van der Waals surface area contributed by atoms with E-state index < -0.39 is 21.5 Å². The predicted molar refractivity (Wildman–Crippen MR) is 68.6 cm³/mol. The number of aromatic nitrogens is 2. The fraction of sp³-hybridized carbons (Fsp3) is 0.417. The van der Waals surface area contributed by atoms with Crippen LogP contribution in [0.15, 0.2) is 18.5 Å². The summed E-state index contributed by atoms with van der Waals surface area (Å²) in [5, 5.41) is 0. The molecule has 0 unspecified atom stereocenters. The minimum Gasteiger partial charge on any atom is -0.329 e. The molecular weight excluding hydrogens is 274 g/mol. The first-order valence-electron chi connectivity index (χ1n) is 5.93. The average Bonchev–Trinajstić information content (AvgIpc) is 2.70. The molecule has 1 aromatic heterocycles. The summed E-state index contributed by atoms with van der Waals surface area (Å²) in [6.07, 6.45) is 1.96. The molecule has 0 aliphatic heterocycles. The Balaban J connectivity index is 2.25. The van der Waals surface area contributed by atoms with Crippen molar-refractivity contribution in [1.29, 1.82) is 0 Å². The Morgan fingerprint density at radius 2 is 1.89 bits per heavy atom. The van der Waals surface area contributed by atoms with Gasteiger partial charge in [0.15, 0.2) is 21.5 Å². The Kier molecular flexibility index (Phi) is 3.84. The first-order valence-corrected chi connectivity index (χ1v) is 7.75. The van der Waals surface area contributed by atoms with Gasteiger partial charge in [0.1, 0.15) is 0 Å². The van der Waals surface area contributed by atoms with Crippen LogP contribution in [0.3, 0.4) is 0 Å². The van der Waals surface area contributed by atoms with Crippen molar-refractivity contribution in [3.63, 3.8) is 0 Å². The van der Waals surface area contributed by atoms with E-state index in [-0.39, 0.29) is 18.1 Å². The molecule has 0 amide bonds. The summed E-state index contributed by atoms with van der Waals surface area (Å²) in [4.78, 5) is 3.93. The number of halogens is 2. The zero-order chi connectivity index (χ0) is 14.0. The van der Waals surface area contributed by atoms with Gasteiger partial charge in [-0.15, -0.1) is 0 Å². The third-order valence-electron chi connectivity index (χ3n) is 2.82. The summed E-state index contributed by atoms with van der Waals surface area (Å²) in [6, 6.07) is 2.03. The molecule has 0 spiro atoms. The van der Waals surface area contributed by atoms with Gasteiger partial charge < -0.3 is 4.57 Å². The molecule has 0 atom stereocenters. The fourth-order valence-corrected chi connectivity index (χ4v) is 3.18. The van der Waals surface area contributed by atoms with E-state index in [0.29, 0.717) is 17.5 Å². The summed E-state index contributed by atoms with van der Waals surface area (Å²) in [5.74, 6) is -1.84. The number of hydrogen-bond acceptors (Lipinski definition) is 3. The quantitative estimate of drug-likeness (QED) is 0.847. The number of benzene rings is 1. The smallest absolute Gasteiger partial charge is 0.161 e. The van der Waals surface area contributed by atoms with Gasteiger partial charge in [0, 0.05) is 24.4 Å². The SMILES string of the molecule is CCCS(=O)(=O)CCn1cnc2cc(F)c(F)cc21. The van der Waals surface area contributed by atoms with Crippen LogP contribution in [0.4, 0.5) is 8.78 Å². The maximum absolute atomic E-state index is 13.2. The van der Waals surface area contributed by atoms with E-state index >= 15 is 0 Å². The third-order valence-corrected chi connectivity index (χ3v) is 4.66. The maximum Gasteiger partial charge on any atom is 0.161 e. The van der Waals surface area contributed by atoms with Gasteiger partial charge in [-0.2, -0.15) is 0 Å². The molecule has 0 aliphatic carbocycles. The fourth-order valence-electron chi connectivity index (χ4n) is 1.88. The van der Waals surface area contributed by atoms with Crippen molar-refractivity contribution in [3.8, 4) is 0 Å². The summed E-state index contributed by atoms with van der Waals surface area (Å²) in [5.41, 5.74) is 0.706. The van der Waals surface area contributed by atoms with E-state index in [1.54, 1.807) is 6.92 Å². The second-order valence-electron chi connectivity index (χ2n) is 4.34. The molecule has 104 valence electrons. The lowest BCUT2D eigenvalue weighted by Crippen LogP contribution is -2.15. The number of fused-ring (bicyclic) bond motifs is 1. The molecule has 0 N–H and O–H groups in total. The number of hydrogen-bond donors (Lipinski definition) is 0. The molecule has 19 heavy (non-hydrogen) atoms. The highest BCUT2D eigenvalue weighted by Gasteiger charge is 2.12. The number of imidazole rings is 1. The molecule has 4 nitrogen and oxygen atoms in total. The topological polar surface area (TPSA) is 52.0 Å². The molecule has 0 aliphatic rings. The van der Waals surface area contributed by atoms with Gasteiger partial charge in [0.25, 0.3) is 0 Å². The van der Waals surface area contributed by atoms with E-state index in [1.807, 2.05) is 0 Å². The second-order valence-corrected chi connectivity index (χ2v) is 6.65. The van der Waals surface area contributed by atoms with Crippen LogP contribution in [-0.4, -0.2) is 29.5 Å². The highest BCUT2D eigenvalue weighted by molar-refractivity contribution is 7.91. The summed E-state index contributed by atoms with van der Waals surface area (Å²) >= 11 is 0. The van der Waals surface area contributed by atoms with Crippen LogP contribution in [0.2, 0.25) is 0 Å². The largest absolute Gasteiger partial charge is 0.329 e. The molecule has 0 saturated heterocycles. The average molecular weight is 288 g/mol. The van der Waals surface area contributed by atoms with Crippen LogP contribution >= 0.6 is 0 Å². The van der Waals surface area contributed by atoms with Crippen molar-refractivity contribution < 1.29 is 17.2 Å². The van der Waals surface area contributed by atoms with Gasteiger partial charge >= 0.3 is 0 Å². The number of sulfone groups is 1. The van der Waals surface area contributed by atoms with Crippen LogP contribution in [-0.2, 0) is 16.4 Å². The minimum absolute atomic E-state index is 0.0364. The number of nitrogens with zero attached hydrogens (tertiary/aromatic N) is 2. The Bertz CT molecular complexity index is 695. The van der Waals surface area contributed by atoms with Gasteiger partial charge in [-0.3, -0.25) is 0 Å². The summed E-state index contributed by atoms with van der Waals surface area (Å²) < 4.78 is 50.9. The molecule has 1 aromatic carbocycles. The third kappa shape index (κ3) is 3.09. The summed E-state index contributed by atoms with van der Waals surface area (Å²) in [7, 11) is -3.11. The summed E-state index contributed by atoms with van der Waals surface area (Å²) in [6.45, 7) is 1.98. The lowest BCUT2D eigenvalue weighted by molar-refractivity contribution is 0.510. The number of rotatable bonds is 5. The Labute approximate surface area is 110 Å². The minimum atomic E-state index is -3.11. The van der Waals surface area contributed by atoms with Crippen molar-refractivity contribution in [2.45, 2.75) is 19.9 Å². The first-order chi connectivity index (χ1) is 8.93. The maximum atomic E-state index is 13.2. The van der Waals surface area contributed by atoms with Crippen molar-refractivity contribution >= 4 is 20.9 Å². The van der Waals surface area contributed by atoms with Crippen molar-refractivity contribution in [3.05, 3.63) is 30.1 Å². The molecule has 2 aromatic rings. The van der Waals surface area contributed by atoms with E-state index in [1.165, 1.54) is 10.9 Å². The lowest BCUT2D eigenvalue weighted by atomic mass is 10.3.